The predicted molar refractivity (Wildman–Crippen MR) is 69.7 cm³/mol. The van der Waals surface area contributed by atoms with Crippen LogP contribution in [-0.4, -0.2) is 47.2 Å². The molecule has 0 unspecified atom stereocenters. The van der Waals surface area contributed by atoms with Crippen molar-refractivity contribution in [2.45, 2.75) is 6.92 Å². The number of H-pyrrole nitrogens is 1. The first kappa shape index (κ1) is 13.1. The number of aromatic nitrogens is 2. The van der Waals surface area contributed by atoms with Crippen LogP contribution < -0.4 is 0 Å². The first-order chi connectivity index (χ1) is 9.11. The molecule has 1 aromatic heterocycles. The van der Waals surface area contributed by atoms with Crippen molar-refractivity contribution in [3.05, 3.63) is 30.0 Å². The van der Waals surface area contributed by atoms with Crippen LogP contribution in [0.1, 0.15) is 17.3 Å². The third kappa shape index (κ3) is 2.90. The molecule has 1 N–H and O–H groups in total. The lowest BCUT2D eigenvalue weighted by molar-refractivity contribution is -0.143. The zero-order valence-corrected chi connectivity index (χ0v) is 10.8. The molecule has 0 aliphatic heterocycles. The Balaban J connectivity index is 2.11. The van der Waals surface area contributed by atoms with Gasteiger partial charge in [0.2, 0.25) is 0 Å². The summed E-state index contributed by atoms with van der Waals surface area (Å²) in [7, 11) is 1.57. The van der Waals surface area contributed by atoms with Gasteiger partial charge in [-0.05, 0) is 19.1 Å². The monoisotopic (exact) mass is 261 g/mol. The largest absolute Gasteiger partial charge is 0.465 e. The molecular formula is C13H15N3O3. The van der Waals surface area contributed by atoms with E-state index in [1.807, 2.05) is 6.07 Å². The zero-order chi connectivity index (χ0) is 13.8. The molecule has 0 aliphatic rings. The number of amides is 1. The summed E-state index contributed by atoms with van der Waals surface area (Å²) >= 11 is 0. The van der Waals surface area contributed by atoms with Crippen LogP contribution in [0.25, 0.3) is 10.9 Å². The molecule has 0 saturated carbocycles. The van der Waals surface area contributed by atoms with E-state index in [4.69, 9.17) is 4.74 Å². The van der Waals surface area contributed by atoms with Gasteiger partial charge in [0.1, 0.15) is 6.54 Å². The Labute approximate surface area is 110 Å². The molecule has 1 amide bonds. The Morgan fingerprint density at radius 1 is 1.42 bits per heavy atom. The Morgan fingerprint density at radius 3 is 2.95 bits per heavy atom. The van der Waals surface area contributed by atoms with Crippen molar-refractivity contribution >= 4 is 22.8 Å². The number of nitrogens with one attached hydrogen (secondary N) is 1. The second-order valence-corrected chi connectivity index (χ2v) is 4.14. The molecule has 0 saturated heterocycles. The molecule has 0 atom stereocenters. The molecule has 6 nitrogen and oxygen atoms in total. The average Bonchev–Trinajstić information content (AvgIpc) is 2.85. The fraction of sp³-hybridized carbons (Fsp3) is 0.308. The lowest BCUT2D eigenvalue weighted by atomic mass is 10.1. The van der Waals surface area contributed by atoms with Crippen LogP contribution in [0.5, 0.6) is 0 Å². The van der Waals surface area contributed by atoms with E-state index in [1.165, 1.54) is 4.90 Å². The van der Waals surface area contributed by atoms with E-state index in [-0.39, 0.29) is 12.5 Å². The van der Waals surface area contributed by atoms with Gasteiger partial charge in [-0.2, -0.15) is 5.10 Å². The van der Waals surface area contributed by atoms with Crippen LogP contribution in [0, 0.1) is 0 Å². The molecule has 100 valence electrons. The number of fused-ring (bicyclic) bond motifs is 1. The number of carbonyl (C=O) groups is 2. The summed E-state index contributed by atoms with van der Waals surface area (Å²) in [5, 5.41) is 7.63. The molecule has 0 aliphatic carbocycles. The minimum Gasteiger partial charge on any atom is -0.465 e. The standard InChI is InChI=1S/C13H15N3O3/c1-3-19-12(17)8-16(2)13(18)9-4-5-10-7-14-15-11(10)6-9/h4-7H,3,8H2,1-2H3,(H,14,15). The number of nitrogens with zero attached hydrogens (tertiary/aromatic N) is 2. The third-order valence-electron chi connectivity index (χ3n) is 2.71. The number of ether oxygens (including phenoxy) is 1. The highest BCUT2D eigenvalue weighted by atomic mass is 16.5. The van der Waals surface area contributed by atoms with Gasteiger partial charge < -0.3 is 9.64 Å². The summed E-state index contributed by atoms with van der Waals surface area (Å²) in [5.41, 5.74) is 1.29. The number of aromatic amines is 1. The van der Waals surface area contributed by atoms with Crippen LogP contribution in [-0.2, 0) is 9.53 Å². The minimum atomic E-state index is -0.416. The Morgan fingerprint density at radius 2 is 2.21 bits per heavy atom. The van der Waals surface area contributed by atoms with E-state index in [2.05, 4.69) is 10.2 Å². The quantitative estimate of drug-likeness (QED) is 0.839. The van der Waals surface area contributed by atoms with E-state index in [1.54, 1.807) is 32.3 Å². The molecule has 0 radical (unpaired) electrons. The first-order valence-corrected chi connectivity index (χ1v) is 5.96. The summed E-state index contributed by atoms with van der Waals surface area (Å²) in [5.74, 6) is -0.648. The van der Waals surface area contributed by atoms with Crippen LogP contribution in [0.4, 0.5) is 0 Å². The van der Waals surface area contributed by atoms with Crippen molar-refractivity contribution in [1.82, 2.24) is 15.1 Å². The van der Waals surface area contributed by atoms with Gasteiger partial charge in [0.05, 0.1) is 18.3 Å². The van der Waals surface area contributed by atoms with Gasteiger partial charge in [0.25, 0.3) is 5.91 Å². The lowest BCUT2D eigenvalue weighted by Gasteiger charge is -2.16. The molecule has 1 heterocycles. The van der Waals surface area contributed by atoms with Crippen LogP contribution in [0.3, 0.4) is 0 Å². The molecule has 2 rings (SSSR count). The van der Waals surface area contributed by atoms with Gasteiger partial charge in [0.15, 0.2) is 0 Å². The Hall–Kier alpha value is -2.37. The molecule has 0 bridgehead atoms. The molecule has 0 fully saturated rings. The third-order valence-corrected chi connectivity index (χ3v) is 2.71. The second-order valence-electron chi connectivity index (χ2n) is 4.14. The Bertz CT molecular complexity index is 606. The summed E-state index contributed by atoms with van der Waals surface area (Å²) < 4.78 is 4.81. The van der Waals surface area contributed by atoms with Gasteiger partial charge in [0, 0.05) is 18.0 Å². The smallest absolute Gasteiger partial charge is 0.325 e. The number of likely N-dealkylation sites (N-methyl/N-ethyl adjacent to an activating group) is 1. The molecule has 6 heteroatoms. The van der Waals surface area contributed by atoms with E-state index in [0.717, 1.165) is 10.9 Å². The Kier molecular flexibility index (Phi) is 3.79. The van der Waals surface area contributed by atoms with Crippen molar-refractivity contribution in [3.63, 3.8) is 0 Å². The fourth-order valence-corrected chi connectivity index (χ4v) is 1.76. The van der Waals surface area contributed by atoms with Gasteiger partial charge in [-0.25, -0.2) is 0 Å². The predicted octanol–water partition coefficient (Wildman–Crippen LogP) is 1.20. The molecule has 0 spiro atoms. The number of benzene rings is 1. The van der Waals surface area contributed by atoms with E-state index in [0.29, 0.717) is 12.2 Å². The molecular weight excluding hydrogens is 246 g/mol. The lowest BCUT2D eigenvalue weighted by Crippen LogP contribution is -2.33. The fourth-order valence-electron chi connectivity index (χ4n) is 1.76. The SMILES string of the molecule is CCOC(=O)CN(C)C(=O)c1ccc2cn[nH]c2c1. The van der Waals surface area contributed by atoms with Gasteiger partial charge in [-0.15, -0.1) is 0 Å². The number of esters is 1. The maximum Gasteiger partial charge on any atom is 0.325 e. The molecule has 2 aromatic rings. The van der Waals surface area contributed by atoms with Gasteiger partial charge in [-0.1, -0.05) is 6.07 Å². The molecule has 19 heavy (non-hydrogen) atoms. The van der Waals surface area contributed by atoms with Crippen molar-refractivity contribution in [1.29, 1.82) is 0 Å². The number of hydrogen-bond acceptors (Lipinski definition) is 4. The topological polar surface area (TPSA) is 75.3 Å². The number of hydrogen-bond donors (Lipinski definition) is 1. The van der Waals surface area contributed by atoms with Crippen molar-refractivity contribution in [2.24, 2.45) is 0 Å². The second kappa shape index (κ2) is 5.51. The summed E-state index contributed by atoms with van der Waals surface area (Å²) in [6.07, 6.45) is 1.69. The number of rotatable bonds is 4. The minimum absolute atomic E-state index is 0.0618. The zero-order valence-electron chi connectivity index (χ0n) is 10.8. The van der Waals surface area contributed by atoms with Gasteiger partial charge >= 0.3 is 5.97 Å². The first-order valence-electron chi connectivity index (χ1n) is 5.96. The van der Waals surface area contributed by atoms with Crippen LogP contribution in [0.15, 0.2) is 24.4 Å². The normalized spacial score (nSPS) is 10.4. The van der Waals surface area contributed by atoms with Gasteiger partial charge in [-0.3, -0.25) is 14.7 Å². The van der Waals surface area contributed by atoms with E-state index >= 15 is 0 Å². The maximum absolute atomic E-state index is 12.1. The summed E-state index contributed by atoms with van der Waals surface area (Å²) in [6.45, 7) is 1.97. The van der Waals surface area contributed by atoms with Crippen LogP contribution in [0.2, 0.25) is 0 Å². The highest BCUT2D eigenvalue weighted by Gasteiger charge is 2.16. The molecule has 1 aromatic carbocycles. The summed E-state index contributed by atoms with van der Waals surface area (Å²) in [4.78, 5) is 24.8. The number of carbonyl (C=O) groups excluding carboxylic acids is 2. The maximum atomic E-state index is 12.1. The van der Waals surface area contributed by atoms with E-state index < -0.39 is 5.97 Å². The van der Waals surface area contributed by atoms with Crippen molar-refractivity contribution in [2.75, 3.05) is 20.2 Å². The highest BCUT2D eigenvalue weighted by molar-refractivity contribution is 5.98. The van der Waals surface area contributed by atoms with E-state index in [9.17, 15) is 9.59 Å². The van der Waals surface area contributed by atoms with Crippen LogP contribution >= 0.6 is 0 Å². The average molecular weight is 261 g/mol. The van der Waals surface area contributed by atoms with Crippen molar-refractivity contribution < 1.29 is 14.3 Å². The van der Waals surface area contributed by atoms with Crippen molar-refractivity contribution in [3.8, 4) is 0 Å². The summed E-state index contributed by atoms with van der Waals surface area (Å²) in [6, 6.07) is 5.23. The highest BCUT2D eigenvalue weighted by Crippen LogP contribution is 2.14.